The van der Waals surface area contributed by atoms with Gasteiger partial charge in [0, 0.05) is 16.1 Å². The Kier molecular flexibility index (Phi) is 5.79. The fourth-order valence-electron chi connectivity index (χ4n) is 3.12. The first-order valence-corrected chi connectivity index (χ1v) is 8.39. The van der Waals surface area contributed by atoms with Crippen LogP contribution in [0, 0.1) is 5.92 Å². The van der Waals surface area contributed by atoms with E-state index < -0.39 is 0 Å². The van der Waals surface area contributed by atoms with E-state index in [-0.39, 0.29) is 5.78 Å². The molecule has 0 aromatic heterocycles. The van der Waals surface area contributed by atoms with Gasteiger partial charge in [0.15, 0.2) is 5.78 Å². The Bertz CT molecular complexity index is 452. The van der Waals surface area contributed by atoms with Crippen LogP contribution in [0.1, 0.15) is 49.4 Å². The van der Waals surface area contributed by atoms with E-state index in [2.05, 4.69) is 34.8 Å². The molecule has 0 spiro atoms. The maximum Gasteiger partial charge on any atom is 0.177 e. The van der Waals surface area contributed by atoms with Crippen molar-refractivity contribution in [3.63, 3.8) is 0 Å². The molecule has 0 unspecified atom stereocenters. The molecule has 20 heavy (non-hydrogen) atoms. The van der Waals surface area contributed by atoms with Crippen molar-refractivity contribution in [1.82, 2.24) is 4.90 Å². The van der Waals surface area contributed by atoms with Crippen molar-refractivity contribution in [2.45, 2.75) is 45.1 Å². The third-order valence-corrected chi connectivity index (χ3v) is 5.28. The number of hydrogen-bond donors (Lipinski definition) is 0. The van der Waals surface area contributed by atoms with Crippen LogP contribution in [0.2, 0.25) is 0 Å². The summed E-state index contributed by atoms with van der Waals surface area (Å²) in [6, 6.07) is 8.26. The predicted molar refractivity (Wildman–Crippen MR) is 87.1 cm³/mol. The summed E-state index contributed by atoms with van der Waals surface area (Å²) < 4.78 is 0.896. The predicted octanol–water partition coefficient (Wildman–Crippen LogP) is 4.53. The van der Waals surface area contributed by atoms with E-state index in [0.29, 0.717) is 12.6 Å². The SMILES string of the molecule is CCC1CCC(N(C)CC(=O)c2ccccc2Br)CC1. The van der Waals surface area contributed by atoms with Gasteiger partial charge in [-0.3, -0.25) is 9.69 Å². The van der Waals surface area contributed by atoms with Gasteiger partial charge in [0.2, 0.25) is 0 Å². The molecule has 0 aliphatic heterocycles. The topological polar surface area (TPSA) is 20.3 Å². The van der Waals surface area contributed by atoms with Gasteiger partial charge in [-0.05, 0) is 44.7 Å². The Balaban J connectivity index is 1.90. The minimum atomic E-state index is 0.206. The van der Waals surface area contributed by atoms with Gasteiger partial charge in [-0.1, -0.05) is 47.5 Å². The number of halogens is 1. The third kappa shape index (κ3) is 3.92. The molecule has 3 heteroatoms. The lowest BCUT2D eigenvalue weighted by Gasteiger charge is -2.34. The van der Waals surface area contributed by atoms with Crippen LogP contribution in [-0.4, -0.2) is 30.3 Å². The Morgan fingerprint density at radius 1 is 1.25 bits per heavy atom. The standard InChI is InChI=1S/C17H24BrNO/c1-3-13-8-10-14(11-9-13)19(2)12-17(20)15-6-4-5-7-16(15)18/h4-7,13-14H,3,8-12H2,1-2H3. The Morgan fingerprint density at radius 3 is 2.50 bits per heavy atom. The number of hydrogen-bond acceptors (Lipinski definition) is 2. The number of carbonyl (C=O) groups excluding carboxylic acids is 1. The van der Waals surface area contributed by atoms with Crippen molar-refractivity contribution in [2.75, 3.05) is 13.6 Å². The zero-order valence-corrected chi connectivity index (χ0v) is 14.0. The summed E-state index contributed by atoms with van der Waals surface area (Å²) >= 11 is 3.46. The van der Waals surface area contributed by atoms with Gasteiger partial charge in [0.25, 0.3) is 0 Å². The lowest BCUT2D eigenvalue weighted by Crippen LogP contribution is -2.38. The average Bonchev–Trinajstić information content (AvgIpc) is 2.47. The lowest BCUT2D eigenvalue weighted by atomic mass is 9.84. The van der Waals surface area contributed by atoms with E-state index >= 15 is 0 Å². The molecule has 1 fully saturated rings. The van der Waals surface area contributed by atoms with Crippen LogP contribution in [0.5, 0.6) is 0 Å². The second kappa shape index (κ2) is 7.37. The fraction of sp³-hybridized carbons (Fsp3) is 0.588. The maximum absolute atomic E-state index is 12.4. The van der Waals surface area contributed by atoms with E-state index in [1.807, 2.05) is 24.3 Å². The zero-order chi connectivity index (χ0) is 14.5. The molecule has 0 N–H and O–H groups in total. The van der Waals surface area contributed by atoms with Crippen molar-refractivity contribution in [2.24, 2.45) is 5.92 Å². The summed E-state index contributed by atoms with van der Waals surface area (Å²) in [7, 11) is 2.09. The van der Waals surface area contributed by atoms with Crippen LogP contribution >= 0.6 is 15.9 Å². The lowest BCUT2D eigenvalue weighted by molar-refractivity contribution is 0.0884. The van der Waals surface area contributed by atoms with Gasteiger partial charge in [-0.15, -0.1) is 0 Å². The first-order valence-electron chi connectivity index (χ1n) is 7.59. The number of likely N-dealkylation sites (N-methyl/N-ethyl adjacent to an activating group) is 1. The van der Waals surface area contributed by atoms with Crippen molar-refractivity contribution >= 4 is 21.7 Å². The molecule has 1 aliphatic carbocycles. The first-order chi connectivity index (χ1) is 9.61. The molecule has 1 aromatic rings. The number of nitrogens with zero attached hydrogens (tertiary/aromatic N) is 1. The van der Waals surface area contributed by atoms with Gasteiger partial charge in [-0.25, -0.2) is 0 Å². The molecule has 0 amide bonds. The number of ketones is 1. The van der Waals surface area contributed by atoms with Crippen molar-refractivity contribution in [3.8, 4) is 0 Å². The largest absolute Gasteiger partial charge is 0.296 e. The highest BCUT2D eigenvalue weighted by atomic mass is 79.9. The molecule has 110 valence electrons. The van der Waals surface area contributed by atoms with Crippen LogP contribution in [0.4, 0.5) is 0 Å². The van der Waals surface area contributed by atoms with Crippen LogP contribution in [0.25, 0.3) is 0 Å². The highest BCUT2D eigenvalue weighted by Gasteiger charge is 2.24. The third-order valence-electron chi connectivity index (χ3n) is 4.58. The summed E-state index contributed by atoms with van der Waals surface area (Å²) in [5, 5.41) is 0. The Morgan fingerprint density at radius 2 is 1.90 bits per heavy atom. The van der Waals surface area contributed by atoms with Gasteiger partial charge >= 0.3 is 0 Å². The Labute approximate surface area is 130 Å². The molecule has 0 heterocycles. The molecule has 0 radical (unpaired) electrons. The highest BCUT2D eigenvalue weighted by molar-refractivity contribution is 9.10. The van der Waals surface area contributed by atoms with Crippen molar-refractivity contribution in [3.05, 3.63) is 34.3 Å². The molecule has 1 saturated carbocycles. The molecule has 0 atom stereocenters. The normalized spacial score (nSPS) is 23.0. The first kappa shape index (κ1) is 15.7. The molecule has 0 saturated heterocycles. The summed E-state index contributed by atoms with van der Waals surface area (Å²) in [6.45, 7) is 2.80. The van der Waals surface area contributed by atoms with Crippen molar-refractivity contribution < 1.29 is 4.79 Å². The van der Waals surface area contributed by atoms with E-state index in [1.165, 1.54) is 32.1 Å². The quantitative estimate of drug-likeness (QED) is 0.735. The molecule has 2 rings (SSSR count). The second-order valence-electron chi connectivity index (χ2n) is 5.90. The van der Waals surface area contributed by atoms with E-state index in [1.54, 1.807) is 0 Å². The van der Waals surface area contributed by atoms with Gasteiger partial charge in [0.1, 0.15) is 0 Å². The Hall–Kier alpha value is -0.670. The van der Waals surface area contributed by atoms with E-state index in [9.17, 15) is 4.79 Å². The average molecular weight is 338 g/mol. The van der Waals surface area contributed by atoms with Gasteiger partial charge in [0.05, 0.1) is 6.54 Å². The fourth-order valence-corrected chi connectivity index (χ4v) is 3.63. The molecular formula is C17H24BrNO. The minimum Gasteiger partial charge on any atom is -0.296 e. The second-order valence-corrected chi connectivity index (χ2v) is 6.76. The van der Waals surface area contributed by atoms with Crippen LogP contribution in [-0.2, 0) is 0 Å². The summed E-state index contributed by atoms with van der Waals surface area (Å²) in [5.74, 6) is 1.11. The summed E-state index contributed by atoms with van der Waals surface area (Å²) in [4.78, 5) is 14.6. The van der Waals surface area contributed by atoms with Crippen LogP contribution in [0.15, 0.2) is 28.7 Å². The zero-order valence-electron chi connectivity index (χ0n) is 12.4. The number of benzene rings is 1. The smallest absolute Gasteiger partial charge is 0.177 e. The van der Waals surface area contributed by atoms with E-state index in [0.717, 1.165) is 16.0 Å². The number of carbonyl (C=O) groups is 1. The maximum atomic E-state index is 12.4. The monoisotopic (exact) mass is 337 g/mol. The van der Waals surface area contributed by atoms with Crippen LogP contribution in [0.3, 0.4) is 0 Å². The number of Topliss-reactive ketones (excluding diaryl/α,β-unsaturated/α-hetero) is 1. The summed E-state index contributed by atoms with van der Waals surface area (Å²) in [5.41, 5.74) is 0.793. The summed E-state index contributed by atoms with van der Waals surface area (Å²) in [6.07, 6.45) is 6.40. The molecule has 1 aliphatic rings. The molecule has 1 aromatic carbocycles. The number of rotatable bonds is 5. The van der Waals surface area contributed by atoms with Gasteiger partial charge < -0.3 is 0 Å². The molecule has 0 bridgehead atoms. The highest BCUT2D eigenvalue weighted by Crippen LogP contribution is 2.29. The minimum absolute atomic E-state index is 0.206. The van der Waals surface area contributed by atoms with Crippen molar-refractivity contribution in [1.29, 1.82) is 0 Å². The van der Waals surface area contributed by atoms with Crippen LogP contribution < -0.4 is 0 Å². The van der Waals surface area contributed by atoms with E-state index in [4.69, 9.17) is 0 Å². The molecular weight excluding hydrogens is 314 g/mol. The van der Waals surface area contributed by atoms with Gasteiger partial charge in [-0.2, -0.15) is 0 Å². The molecule has 2 nitrogen and oxygen atoms in total.